The van der Waals surface area contributed by atoms with Crippen LogP contribution in [-0.2, 0) is 6.42 Å². The van der Waals surface area contributed by atoms with Crippen molar-refractivity contribution in [2.24, 2.45) is 4.99 Å². The number of urea groups is 1. The maximum Gasteiger partial charge on any atom is 0.573 e. The van der Waals surface area contributed by atoms with E-state index >= 15 is 0 Å². The van der Waals surface area contributed by atoms with Crippen molar-refractivity contribution in [3.05, 3.63) is 89.7 Å². The molecule has 8 nitrogen and oxygen atoms in total. The number of carbonyl (C=O) groups is 1. The first-order valence-electron chi connectivity index (χ1n) is 15.4. The highest BCUT2D eigenvalue weighted by Crippen LogP contribution is 2.41. The van der Waals surface area contributed by atoms with Crippen molar-refractivity contribution in [2.45, 2.75) is 70.8 Å². The highest BCUT2D eigenvalue weighted by molar-refractivity contribution is 8.14. The summed E-state index contributed by atoms with van der Waals surface area (Å²) in [6, 6.07) is 19.8. The number of alkyl halides is 3. The number of anilines is 1. The summed E-state index contributed by atoms with van der Waals surface area (Å²) in [6.45, 7) is 6.47. The van der Waals surface area contributed by atoms with Crippen molar-refractivity contribution < 1.29 is 22.7 Å². The molecule has 1 N–H and O–H groups in total. The number of hydrogen-bond acceptors (Lipinski definition) is 5. The summed E-state index contributed by atoms with van der Waals surface area (Å²) in [5, 5.41) is 8.33. The van der Waals surface area contributed by atoms with Gasteiger partial charge in [0.15, 0.2) is 11.0 Å². The number of benzene rings is 3. The fourth-order valence-corrected chi connectivity index (χ4v) is 6.92. The van der Waals surface area contributed by atoms with E-state index in [0.717, 1.165) is 53.4 Å². The number of aryl methyl sites for hydroxylation is 2. The largest absolute Gasteiger partial charge is 0.573 e. The second kappa shape index (κ2) is 13.2. The maximum atomic E-state index is 13.1. The number of nitrogens with one attached hydrogen (secondary N) is 1. The average Bonchev–Trinajstić information content (AvgIpc) is 3.59. The van der Waals surface area contributed by atoms with E-state index in [4.69, 9.17) is 0 Å². The number of thioether (sulfide) groups is 1. The highest BCUT2D eigenvalue weighted by atomic mass is 32.2. The first-order valence-corrected chi connectivity index (χ1v) is 16.4. The number of rotatable bonds is 8. The molecule has 3 unspecified atom stereocenters. The molecular weight excluding hydrogens is 613 g/mol. The zero-order valence-electron chi connectivity index (χ0n) is 25.8. The van der Waals surface area contributed by atoms with Crippen LogP contribution in [-0.4, -0.2) is 50.2 Å². The second-order valence-corrected chi connectivity index (χ2v) is 12.8. The van der Waals surface area contributed by atoms with Crippen molar-refractivity contribution in [3.8, 4) is 22.8 Å². The Morgan fingerprint density at radius 3 is 2.59 bits per heavy atom. The molecule has 1 aromatic heterocycles. The van der Waals surface area contributed by atoms with Gasteiger partial charge in [-0.15, -0.1) is 18.3 Å². The van der Waals surface area contributed by atoms with Crippen LogP contribution in [0.25, 0.3) is 17.1 Å². The number of aliphatic imine (C=N–C) groups is 1. The van der Waals surface area contributed by atoms with Gasteiger partial charge in [0.25, 0.3) is 0 Å². The van der Waals surface area contributed by atoms with E-state index in [9.17, 15) is 18.0 Å². The normalized spacial score (nSPS) is 20.5. The fraction of sp³-hybridized carbons (Fsp3) is 0.353. The number of amides is 2. The molecule has 2 aliphatic rings. The topological polar surface area (TPSA) is 84.6 Å². The Labute approximate surface area is 270 Å². The molecule has 1 saturated carbocycles. The smallest absolute Gasteiger partial charge is 0.406 e. The van der Waals surface area contributed by atoms with E-state index in [1.807, 2.05) is 24.3 Å². The summed E-state index contributed by atoms with van der Waals surface area (Å²) in [5.74, 6) is 1.30. The third-order valence-electron chi connectivity index (χ3n) is 8.15. The molecule has 46 heavy (non-hydrogen) atoms. The van der Waals surface area contributed by atoms with E-state index in [1.165, 1.54) is 46.4 Å². The first-order chi connectivity index (χ1) is 22.1. The van der Waals surface area contributed by atoms with Gasteiger partial charge in [0.1, 0.15) is 12.1 Å². The third kappa shape index (κ3) is 7.38. The summed E-state index contributed by atoms with van der Waals surface area (Å²) < 4.78 is 42.8. The van der Waals surface area contributed by atoms with Gasteiger partial charge in [-0.25, -0.2) is 14.5 Å². The summed E-state index contributed by atoms with van der Waals surface area (Å²) in [6.07, 6.45) is 0.639. The molecule has 0 radical (unpaired) electrons. The van der Waals surface area contributed by atoms with Crippen molar-refractivity contribution >= 4 is 28.6 Å². The molecule has 12 heteroatoms. The van der Waals surface area contributed by atoms with E-state index in [1.54, 1.807) is 11.8 Å². The highest BCUT2D eigenvalue weighted by Gasteiger charge is 2.40. The minimum absolute atomic E-state index is 0.0124. The van der Waals surface area contributed by atoms with E-state index in [2.05, 4.69) is 69.0 Å². The number of hydrogen-bond donors (Lipinski definition) is 1. The molecule has 1 saturated heterocycles. The lowest BCUT2D eigenvalue weighted by molar-refractivity contribution is -0.274. The van der Waals surface area contributed by atoms with Crippen LogP contribution in [0.1, 0.15) is 55.7 Å². The molecule has 3 atom stereocenters. The van der Waals surface area contributed by atoms with Gasteiger partial charge >= 0.3 is 12.4 Å². The zero-order valence-corrected chi connectivity index (χ0v) is 26.6. The summed E-state index contributed by atoms with van der Waals surface area (Å²) in [5.41, 5.74) is 6.06. The molecule has 6 rings (SSSR count). The Kier molecular flexibility index (Phi) is 9.08. The van der Waals surface area contributed by atoms with Crippen LogP contribution < -0.4 is 15.0 Å². The van der Waals surface area contributed by atoms with Gasteiger partial charge in [0.2, 0.25) is 0 Å². The van der Waals surface area contributed by atoms with Crippen LogP contribution in [0.4, 0.5) is 23.7 Å². The fourth-order valence-electron chi connectivity index (χ4n) is 5.71. The van der Waals surface area contributed by atoms with Crippen molar-refractivity contribution in [3.63, 3.8) is 0 Å². The number of amidine groups is 1. The maximum absolute atomic E-state index is 13.1. The van der Waals surface area contributed by atoms with Crippen LogP contribution in [0, 0.1) is 6.92 Å². The van der Waals surface area contributed by atoms with Gasteiger partial charge in [-0.3, -0.25) is 0 Å². The Hall–Kier alpha value is -4.32. The third-order valence-corrected chi connectivity index (χ3v) is 9.14. The van der Waals surface area contributed by atoms with Crippen LogP contribution in [0.2, 0.25) is 0 Å². The van der Waals surface area contributed by atoms with Gasteiger partial charge in [-0.1, -0.05) is 61.5 Å². The van der Waals surface area contributed by atoms with Crippen LogP contribution in [0.5, 0.6) is 5.75 Å². The van der Waals surface area contributed by atoms with E-state index in [-0.39, 0.29) is 29.8 Å². The summed E-state index contributed by atoms with van der Waals surface area (Å²) in [7, 11) is 0. The van der Waals surface area contributed by atoms with Crippen molar-refractivity contribution in [2.75, 3.05) is 10.7 Å². The molecule has 240 valence electrons. The summed E-state index contributed by atoms with van der Waals surface area (Å²) in [4.78, 5) is 24.3. The number of ether oxygens (including phenoxy) is 1. The predicted molar refractivity (Wildman–Crippen MR) is 175 cm³/mol. The monoisotopic (exact) mass is 648 g/mol. The van der Waals surface area contributed by atoms with Crippen LogP contribution in [0.3, 0.4) is 0 Å². The second-order valence-electron chi connectivity index (χ2n) is 11.7. The van der Waals surface area contributed by atoms with Gasteiger partial charge in [-0.05, 0) is 80.1 Å². The first kappa shape index (κ1) is 31.7. The number of halogens is 3. The van der Waals surface area contributed by atoms with Gasteiger partial charge in [0.05, 0.1) is 5.69 Å². The minimum Gasteiger partial charge on any atom is -0.406 e. The Morgan fingerprint density at radius 1 is 1.11 bits per heavy atom. The molecule has 0 spiro atoms. The standard InChI is InChI=1S/C34H35F3N6O2S/c1-4-5-24-7-6-21(2)18-30(24)43-22(3)16-17-46-33(43)40-32(44)39-29-19-28(29)23-8-10-25(11-9-23)31-38-20-42(41-31)26-12-14-27(15-13-26)45-34(35,36)37/h6-15,18,20,22,28-29H,4-5,16-17,19H2,1-3H3,(H,39,44). The molecule has 1 aliphatic carbocycles. The lowest BCUT2D eigenvalue weighted by Crippen LogP contribution is -2.42. The van der Waals surface area contributed by atoms with Crippen molar-refractivity contribution in [1.82, 2.24) is 20.1 Å². The lowest BCUT2D eigenvalue weighted by Gasteiger charge is -2.37. The summed E-state index contributed by atoms with van der Waals surface area (Å²) >= 11 is 1.63. The average molecular weight is 649 g/mol. The van der Waals surface area contributed by atoms with E-state index < -0.39 is 6.36 Å². The molecule has 1 aliphatic heterocycles. The number of carbonyl (C=O) groups excluding carboxylic acids is 1. The molecule has 4 aromatic rings. The van der Waals surface area contributed by atoms with Gasteiger partial charge < -0.3 is 15.0 Å². The Morgan fingerprint density at radius 2 is 1.87 bits per heavy atom. The molecule has 2 heterocycles. The van der Waals surface area contributed by atoms with Crippen molar-refractivity contribution in [1.29, 1.82) is 0 Å². The van der Waals surface area contributed by atoms with E-state index in [0.29, 0.717) is 11.5 Å². The van der Waals surface area contributed by atoms with Crippen LogP contribution in [0.15, 0.2) is 78.0 Å². The molecule has 0 bridgehead atoms. The molecule has 2 amide bonds. The molecule has 2 fully saturated rings. The molecular formula is C34H35F3N6O2S. The lowest BCUT2D eigenvalue weighted by atomic mass is 10.0. The molecule has 3 aromatic carbocycles. The zero-order chi connectivity index (χ0) is 32.4. The minimum atomic E-state index is -4.75. The van der Waals surface area contributed by atoms with Gasteiger partial charge in [-0.2, -0.15) is 4.99 Å². The number of aromatic nitrogens is 3. The number of nitrogens with zero attached hydrogens (tertiary/aromatic N) is 5. The Bertz CT molecular complexity index is 1720. The SMILES string of the molecule is CCCc1ccc(C)cc1N1C(=NC(=O)NC2CC2c2ccc(-c3ncn(-c4ccc(OC(F)(F)F)cc4)n3)cc2)SCCC1C. The quantitative estimate of drug-likeness (QED) is 0.208. The predicted octanol–water partition coefficient (Wildman–Crippen LogP) is 8.05. The van der Waals surface area contributed by atoms with Gasteiger partial charge in [0, 0.05) is 35.0 Å². The van der Waals surface area contributed by atoms with Crippen LogP contribution >= 0.6 is 11.8 Å². The Balaban J connectivity index is 1.09.